The van der Waals surface area contributed by atoms with E-state index < -0.39 is 29.0 Å². The van der Waals surface area contributed by atoms with Crippen molar-refractivity contribution in [1.82, 2.24) is 0 Å². The van der Waals surface area contributed by atoms with Gasteiger partial charge in [0.2, 0.25) is 0 Å². The highest BCUT2D eigenvalue weighted by molar-refractivity contribution is 5.87. The fourth-order valence-corrected chi connectivity index (χ4v) is 2.12. The molecule has 2 aromatic rings. The first-order valence-electron chi connectivity index (χ1n) is 5.73. The third-order valence-corrected chi connectivity index (χ3v) is 3.06. The minimum atomic E-state index is -6.12. The van der Waals surface area contributed by atoms with Gasteiger partial charge in [-0.05, 0) is 29.3 Å². The number of aryl methyl sites for hydroxylation is 1. The van der Waals surface area contributed by atoms with E-state index in [1.165, 1.54) is 25.1 Å². The first-order valence-corrected chi connectivity index (χ1v) is 5.73. The van der Waals surface area contributed by atoms with Gasteiger partial charge in [-0.3, -0.25) is 0 Å². The first kappa shape index (κ1) is 15.6. The second-order valence-electron chi connectivity index (χ2n) is 4.57. The molecule has 0 amide bonds. The Bertz CT molecular complexity index is 653. The van der Waals surface area contributed by atoms with Crippen molar-refractivity contribution in [3.8, 4) is 0 Å². The molecule has 0 heterocycles. The summed E-state index contributed by atoms with van der Waals surface area (Å²) in [4.78, 5) is 0. The molecular weight excluding hydrogens is 301 g/mol. The zero-order chi connectivity index (χ0) is 16.1. The van der Waals surface area contributed by atoms with Crippen molar-refractivity contribution in [2.45, 2.75) is 24.9 Å². The summed E-state index contributed by atoms with van der Waals surface area (Å²) < 4.78 is 91.2. The summed E-state index contributed by atoms with van der Waals surface area (Å²) in [5.74, 6) is 0. The van der Waals surface area contributed by atoms with E-state index in [1.807, 2.05) is 0 Å². The number of alkyl halides is 7. The molecule has 0 unspecified atom stereocenters. The van der Waals surface area contributed by atoms with Gasteiger partial charge < -0.3 is 0 Å². The van der Waals surface area contributed by atoms with Gasteiger partial charge in [-0.2, -0.15) is 26.3 Å². The maximum absolute atomic E-state index is 14.2. The van der Waals surface area contributed by atoms with Crippen molar-refractivity contribution in [2.75, 3.05) is 0 Å². The van der Waals surface area contributed by atoms with Gasteiger partial charge in [0.1, 0.15) is 0 Å². The third kappa shape index (κ3) is 2.34. The second-order valence-corrected chi connectivity index (χ2v) is 4.57. The average molecular weight is 309 g/mol. The van der Waals surface area contributed by atoms with Crippen LogP contribution in [0.2, 0.25) is 0 Å². The summed E-state index contributed by atoms with van der Waals surface area (Å²) in [5, 5.41) is -0.483. The number of hydrogen-bond acceptors (Lipinski definition) is 0. The predicted molar refractivity (Wildman–Crippen MR) is 62.4 cm³/mol. The molecule has 0 fully saturated rings. The van der Waals surface area contributed by atoms with E-state index >= 15 is 0 Å². The molecule has 0 aliphatic rings. The molecule has 0 N–H and O–H groups in total. The lowest BCUT2D eigenvalue weighted by molar-refractivity contribution is -0.348. The number of rotatable bonds is 1. The van der Waals surface area contributed by atoms with Gasteiger partial charge in [0.15, 0.2) is 0 Å². The highest BCUT2D eigenvalue weighted by atomic mass is 19.4. The summed E-state index contributed by atoms with van der Waals surface area (Å²) in [6.07, 6.45) is -12.2. The predicted octanol–water partition coefficient (Wildman–Crippen LogP) is 5.24. The largest absolute Gasteiger partial charge is 0.435 e. The van der Waals surface area contributed by atoms with Crippen LogP contribution in [0, 0.1) is 13.0 Å². The molecule has 0 bridgehead atoms. The number of benzene rings is 2. The van der Waals surface area contributed by atoms with Gasteiger partial charge >= 0.3 is 18.0 Å². The summed E-state index contributed by atoms with van der Waals surface area (Å²) in [6.45, 7) is 1.25. The second kappa shape index (κ2) is 4.61. The molecule has 0 aliphatic heterocycles. The SMILES string of the molecule is Cc1[c]c2ccccc2c(C(F)(C(F)(F)F)C(F)(F)F)c1. The van der Waals surface area contributed by atoms with Crippen LogP contribution in [0.3, 0.4) is 0 Å². The van der Waals surface area contributed by atoms with Crippen LogP contribution in [-0.2, 0) is 5.67 Å². The quantitative estimate of drug-likeness (QED) is 0.632. The van der Waals surface area contributed by atoms with Gasteiger partial charge in [-0.15, -0.1) is 0 Å². The van der Waals surface area contributed by atoms with Crippen molar-refractivity contribution in [3.63, 3.8) is 0 Å². The van der Waals surface area contributed by atoms with E-state index in [9.17, 15) is 30.7 Å². The van der Waals surface area contributed by atoms with E-state index in [4.69, 9.17) is 0 Å². The molecule has 1 radical (unpaired) electrons. The van der Waals surface area contributed by atoms with Gasteiger partial charge in [0, 0.05) is 5.56 Å². The van der Waals surface area contributed by atoms with E-state index in [0.717, 1.165) is 6.07 Å². The highest BCUT2D eigenvalue weighted by Gasteiger charge is 2.73. The van der Waals surface area contributed by atoms with Gasteiger partial charge in [-0.25, -0.2) is 4.39 Å². The smallest absolute Gasteiger partial charge is 0.218 e. The fourth-order valence-electron chi connectivity index (χ4n) is 2.12. The highest BCUT2D eigenvalue weighted by Crippen LogP contribution is 2.54. The van der Waals surface area contributed by atoms with Crippen molar-refractivity contribution in [3.05, 3.63) is 47.5 Å². The van der Waals surface area contributed by atoms with Crippen LogP contribution in [0.1, 0.15) is 11.1 Å². The minimum absolute atomic E-state index is 0.0111. The van der Waals surface area contributed by atoms with Gasteiger partial charge in [0.25, 0.3) is 0 Å². The number of hydrogen-bond donors (Lipinski definition) is 0. The minimum Gasteiger partial charge on any atom is -0.218 e. The van der Waals surface area contributed by atoms with E-state index in [0.29, 0.717) is 6.07 Å². The molecule has 113 valence electrons. The Hall–Kier alpha value is -1.79. The molecule has 2 rings (SSSR count). The number of halogens is 7. The maximum Gasteiger partial charge on any atom is 0.435 e. The first-order chi connectivity index (χ1) is 9.48. The molecule has 0 aliphatic carbocycles. The van der Waals surface area contributed by atoms with Crippen LogP contribution in [0.25, 0.3) is 10.8 Å². The van der Waals surface area contributed by atoms with Crippen molar-refractivity contribution in [1.29, 1.82) is 0 Å². The molecule has 0 saturated heterocycles. The maximum atomic E-state index is 14.2. The molecule has 0 nitrogen and oxygen atoms in total. The summed E-state index contributed by atoms with van der Waals surface area (Å²) >= 11 is 0. The topological polar surface area (TPSA) is 0 Å². The Morgan fingerprint density at radius 1 is 0.857 bits per heavy atom. The Balaban J connectivity index is 2.91. The van der Waals surface area contributed by atoms with Crippen LogP contribution < -0.4 is 0 Å². The van der Waals surface area contributed by atoms with Gasteiger partial charge in [-0.1, -0.05) is 30.3 Å². The summed E-state index contributed by atoms with van der Waals surface area (Å²) in [5.41, 5.74) is -6.91. The lowest BCUT2D eigenvalue weighted by atomic mass is 9.88. The van der Waals surface area contributed by atoms with Crippen LogP contribution >= 0.6 is 0 Å². The monoisotopic (exact) mass is 309 g/mol. The lowest BCUT2D eigenvalue weighted by Gasteiger charge is -2.31. The zero-order valence-corrected chi connectivity index (χ0v) is 10.5. The molecule has 0 spiro atoms. The molecular formula is C14H8F7. The Labute approximate surface area is 115 Å². The van der Waals surface area contributed by atoms with Crippen molar-refractivity contribution < 1.29 is 30.7 Å². The number of fused-ring (bicyclic) bond motifs is 1. The van der Waals surface area contributed by atoms with Crippen LogP contribution in [0.5, 0.6) is 0 Å². The summed E-state index contributed by atoms with van der Waals surface area (Å²) in [7, 11) is 0. The van der Waals surface area contributed by atoms with E-state index in [1.54, 1.807) is 0 Å². The average Bonchev–Trinajstić information content (AvgIpc) is 2.34. The van der Waals surface area contributed by atoms with Crippen molar-refractivity contribution in [2.24, 2.45) is 0 Å². The molecule has 0 atom stereocenters. The zero-order valence-electron chi connectivity index (χ0n) is 10.5. The molecule has 21 heavy (non-hydrogen) atoms. The Kier molecular flexibility index (Phi) is 3.42. The summed E-state index contributed by atoms with van der Waals surface area (Å²) in [6, 6.07) is 8.08. The van der Waals surface area contributed by atoms with Crippen molar-refractivity contribution >= 4 is 10.8 Å². The molecule has 7 heteroatoms. The molecule has 2 aromatic carbocycles. The normalized spacial score (nSPS) is 13.7. The van der Waals surface area contributed by atoms with Crippen LogP contribution in [0.15, 0.2) is 30.3 Å². The Morgan fingerprint density at radius 2 is 1.38 bits per heavy atom. The molecule has 0 aromatic heterocycles. The lowest BCUT2D eigenvalue weighted by Crippen LogP contribution is -2.50. The third-order valence-electron chi connectivity index (χ3n) is 3.06. The van der Waals surface area contributed by atoms with Crippen LogP contribution in [-0.4, -0.2) is 12.4 Å². The van der Waals surface area contributed by atoms with Crippen LogP contribution in [0.4, 0.5) is 30.7 Å². The van der Waals surface area contributed by atoms with Gasteiger partial charge in [0.05, 0.1) is 0 Å². The molecule has 0 saturated carbocycles. The van der Waals surface area contributed by atoms with E-state index in [2.05, 4.69) is 6.07 Å². The fraction of sp³-hybridized carbons (Fsp3) is 0.286. The Morgan fingerprint density at radius 3 is 1.90 bits per heavy atom. The standard InChI is InChI=1S/C14H8F7/c1-8-6-9-4-2-3-5-10(9)11(7-8)12(15,13(16,17)18)14(19,20)21/h2-5,7H,1H3. The van der Waals surface area contributed by atoms with E-state index in [-0.39, 0.29) is 10.9 Å².